The fourth-order valence-corrected chi connectivity index (χ4v) is 1.69. The van der Waals surface area contributed by atoms with Gasteiger partial charge in [0.1, 0.15) is 5.82 Å². The Balaban J connectivity index is 1.89. The van der Waals surface area contributed by atoms with E-state index in [2.05, 4.69) is 10.4 Å². The van der Waals surface area contributed by atoms with Crippen molar-refractivity contribution in [1.82, 2.24) is 9.78 Å². The molecule has 0 radical (unpaired) electrons. The minimum atomic E-state index is -0.621. The summed E-state index contributed by atoms with van der Waals surface area (Å²) < 4.78 is 15.1. The maximum atomic E-state index is 13.4. The highest BCUT2D eigenvalue weighted by Gasteiger charge is 2.07. The molecule has 96 valence electrons. The Morgan fingerprint density at radius 1 is 1.50 bits per heavy atom. The first kappa shape index (κ1) is 12.6. The molecule has 2 aromatic rings. The molecule has 0 bridgehead atoms. The topological polar surface area (TPSA) is 50.1 Å². The van der Waals surface area contributed by atoms with Gasteiger partial charge in [-0.15, -0.1) is 0 Å². The predicted molar refractivity (Wildman–Crippen MR) is 67.9 cm³/mol. The molecule has 0 amide bonds. The number of halogens is 1. The van der Waals surface area contributed by atoms with Crippen LogP contribution in [-0.4, -0.2) is 27.5 Å². The number of nitrogens with zero attached hydrogens (tertiary/aromatic N) is 2. The highest BCUT2D eigenvalue weighted by molar-refractivity contribution is 5.47. The number of benzene rings is 1. The van der Waals surface area contributed by atoms with E-state index in [1.54, 1.807) is 35.3 Å². The summed E-state index contributed by atoms with van der Waals surface area (Å²) in [6.45, 7) is 2.55. The summed E-state index contributed by atoms with van der Waals surface area (Å²) in [4.78, 5) is 0. The van der Waals surface area contributed by atoms with E-state index in [4.69, 9.17) is 0 Å². The normalized spacial score (nSPS) is 12.4. The second-order valence-electron chi connectivity index (χ2n) is 4.25. The van der Waals surface area contributed by atoms with Crippen molar-refractivity contribution >= 4 is 5.69 Å². The highest BCUT2D eigenvalue weighted by Crippen LogP contribution is 2.15. The average molecular weight is 249 g/mol. The first-order valence-electron chi connectivity index (χ1n) is 5.80. The van der Waals surface area contributed by atoms with Crippen molar-refractivity contribution in [3.63, 3.8) is 0 Å². The molecule has 0 spiro atoms. The molecule has 1 heterocycles. The Kier molecular flexibility index (Phi) is 3.94. The molecule has 1 aromatic heterocycles. The van der Waals surface area contributed by atoms with Gasteiger partial charge in [-0.1, -0.05) is 6.07 Å². The lowest BCUT2D eigenvalue weighted by atomic mass is 10.2. The molecule has 0 aliphatic rings. The molecule has 1 atom stereocenters. The monoisotopic (exact) mass is 249 g/mol. The maximum Gasteiger partial charge on any atom is 0.146 e. The van der Waals surface area contributed by atoms with Crippen LogP contribution in [0.5, 0.6) is 0 Å². The lowest BCUT2D eigenvalue weighted by Crippen LogP contribution is -2.25. The van der Waals surface area contributed by atoms with E-state index in [1.165, 1.54) is 6.07 Å². The fourth-order valence-electron chi connectivity index (χ4n) is 1.69. The molecule has 0 aliphatic carbocycles. The Labute approximate surface area is 105 Å². The third-order valence-corrected chi connectivity index (χ3v) is 2.61. The molecule has 2 rings (SSSR count). The second kappa shape index (κ2) is 5.64. The number of nitrogens with one attached hydrogen (secondary N) is 1. The first-order valence-corrected chi connectivity index (χ1v) is 5.80. The number of aliphatic hydroxyl groups excluding tert-OH is 1. The summed E-state index contributed by atoms with van der Waals surface area (Å²) in [6.07, 6.45) is 2.81. The zero-order chi connectivity index (χ0) is 13.0. The zero-order valence-electron chi connectivity index (χ0n) is 10.2. The van der Waals surface area contributed by atoms with Gasteiger partial charge in [0.15, 0.2) is 0 Å². The van der Waals surface area contributed by atoms with Crippen LogP contribution in [0.3, 0.4) is 0 Å². The van der Waals surface area contributed by atoms with Crippen LogP contribution in [-0.2, 0) is 6.54 Å². The summed E-state index contributed by atoms with van der Waals surface area (Å²) >= 11 is 0. The molecule has 0 aliphatic heterocycles. The van der Waals surface area contributed by atoms with Crippen LogP contribution < -0.4 is 5.32 Å². The highest BCUT2D eigenvalue weighted by atomic mass is 19.1. The van der Waals surface area contributed by atoms with Crippen molar-refractivity contribution in [3.05, 3.63) is 48.0 Å². The van der Waals surface area contributed by atoms with Crippen LogP contribution >= 0.6 is 0 Å². The van der Waals surface area contributed by atoms with E-state index in [0.717, 1.165) is 5.56 Å². The van der Waals surface area contributed by atoms with Gasteiger partial charge in [-0.05, 0) is 30.7 Å². The summed E-state index contributed by atoms with van der Waals surface area (Å²) in [5, 5.41) is 16.7. The van der Waals surface area contributed by atoms with Gasteiger partial charge in [-0.25, -0.2) is 4.39 Å². The summed E-state index contributed by atoms with van der Waals surface area (Å²) in [6, 6.07) is 6.63. The molecule has 1 aromatic carbocycles. The minimum absolute atomic E-state index is 0.278. The number of aliphatic hydroxyl groups is 1. The lowest BCUT2D eigenvalue weighted by molar-refractivity contribution is 0.161. The Bertz CT molecular complexity index is 499. The van der Waals surface area contributed by atoms with Gasteiger partial charge in [-0.3, -0.25) is 4.68 Å². The van der Waals surface area contributed by atoms with E-state index >= 15 is 0 Å². The SMILES string of the molecule is Cc1ccc(F)c(NCC(O)Cn2cccn2)c1. The number of aromatic nitrogens is 2. The van der Waals surface area contributed by atoms with E-state index in [0.29, 0.717) is 12.2 Å². The van der Waals surface area contributed by atoms with Crippen LogP contribution in [0.15, 0.2) is 36.7 Å². The van der Waals surface area contributed by atoms with Crippen LogP contribution in [0.2, 0.25) is 0 Å². The fraction of sp³-hybridized carbons (Fsp3) is 0.308. The molecular formula is C13H16FN3O. The number of anilines is 1. The molecule has 1 unspecified atom stereocenters. The molecule has 18 heavy (non-hydrogen) atoms. The largest absolute Gasteiger partial charge is 0.389 e. The van der Waals surface area contributed by atoms with Gasteiger partial charge in [0.05, 0.1) is 18.3 Å². The van der Waals surface area contributed by atoms with Gasteiger partial charge in [0.25, 0.3) is 0 Å². The predicted octanol–water partition coefficient (Wildman–Crippen LogP) is 1.80. The average Bonchev–Trinajstić information content (AvgIpc) is 2.83. The molecule has 5 heteroatoms. The summed E-state index contributed by atoms with van der Waals surface area (Å²) in [7, 11) is 0. The third kappa shape index (κ3) is 3.30. The van der Waals surface area contributed by atoms with E-state index in [-0.39, 0.29) is 12.4 Å². The number of hydrogen-bond donors (Lipinski definition) is 2. The number of hydrogen-bond acceptors (Lipinski definition) is 3. The van der Waals surface area contributed by atoms with Gasteiger partial charge in [-0.2, -0.15) is 5.10 Å². The van der Waals surface area contributed by atoms with Crippen molar-refractivity contribution < 1.29 is 9.50 Å². The first-order chi connectivity index (χ1) is 8.65. The summed E-state index contributed by atoms with van der Waals surface area (Å²) in [5.41, 5.74) is 1.38. The molecule has 2 N–H and O–H groups in total. The molecule has 0 saturated heterocycles. The van der Waals surface area contributed by atoms with Crippen molar-refractivity contribution in [2.75, 3.05) is 11.9 Å². The van der Waals surface area contributed by atoms with Gasteiger partial charge in [0, 0.05) is 18.9 Å². The summed E-state index contributed by atoms with van der Waals surface area (Å²) in [5.74, 6) is -0.313. The Morgan fingerprint density at radius 3 is 3.06 bits per heavy atom. The van der Waals surface area contributed by atoms with Crippen molar-refractivity contribution in [1.29, 1.82) is 0 Å². The van der Waals surface area contributed by atoms with Crippen molar-refractivity contribution in [3.8, 4) is 0 Å². The van der Waals surface area contributed by atoms with Crippen LogP contribution in [0.1, 0.15) is 5.56 Å². The van der Waals surface area contributed by atoms with Gasteiger partial charge < -0.3 is 10.4 Å². The van der Waals surface area contributed by atoms with Crippen molar-refractivity contribution in [2.45, 2.75) is 19.6 Å². The van der Waals surface area contributed by atoms with E-state index in [9.17, 15) is 9.50 Å². The molecule has 0 saturated carbocycles. The molecule has 0 fully saturated rings. The van der Waals surface area contributed by atoms with Gasteiger partial charge >= 0.3 is 0 Å². The molecular weight excluding hydrogens is 233 g/mol. The quantitative estimate of drug-likeness (QED) is 0.849. The standard InChI is InChI=1S/C13H16FN3O/c1-10-3-4-12(14)13(7-10)15-8-11(18)9-17-6-2-5-16-17/h2-7,11,15,18H,8-9H2,1H3. The smallest absolute Gasteiger partial charge is 0.146 e. The van der Waals surface area contributed by atoms with Crippen LogP contribution in [0, 0.1) is 12.7 Å². The van der Waals surface area contributed by atoms with Crippen molar-refractivity contribution in [2.24, 2.45) is 0 Å². The second-order valence-corrected chi connectivity index (χ2v) is 4.25. The van der Waals surface area contributed by atoms with Crippen LogP contribution in [0.25, 0.3) is 0 Å². The molecule has 4 nitrogen and oxygen atoms in total. The number of rotatable bonds is 5. The Hall–Kier alpha value is -1.88. The Morgan fingerprint density at radius 2 is 2.33 bits per heavy atom. The number of aryl methyl sites for hydroxylation is 1. The minimum Gasteiger partial charge on any atom is -0.389 e. The van der Waals surface area contributed by atoms with Crippen LogP contribution in [0.4, 0.5) is 10.1 Å². The van der Waals surface area contributed by atoms with E-state index in [1.807, 2.05) is 6.92 Å². The lowest BCUT2D eigenvalue weighted by Gasteiger charge is -2.13. The maximum absolute atomic E-state index is 13.4. The third-order valence-electron chi connectivity index (χ3n) is 2.61. The van der Waals surface area contributed by atoms with Gasteiger partial charge in [0.2, 0.25) is 0 Å². The zero-order valence-corrected chi connectivity index (χ0v) is 10.2. The van der Waals surface area contributed by atoms with E-state index < -0.39 is 6.10 Å².